The Morgan fingerprint density at radius 1 is 1.17 bits per heavy atom. The molecule has 0 unspecified atom stereocenters. The SMILES string of the molecule is COC(=O)[C@H]1N[C@@H](c2ccc3ccccc3c2)[C@H]2C(=O)CC[C@H]21. The van der Waals surface area contributed by atoms with Gasteiger partial charge in [0.25, 0.3) is 0 Å². The number of benzene rings is 2. The summed E-state index contributed by atoms with van der Waals surface area (Å²) in [7, 11) is 1.40. The molecule has 0 bridgehead atoms. The third-order valence-electron chi connectivity index (χ3n) is 5.29. The lowest BCUT2D eigenvalue weighted by Crippen LogP contribution is -2.37. The first-order valence-electron chi connectivity index (χ1n) is 8.04. The number of hydrogen-bond donors (Lipinski definition) is 1. The van der Waals surface area contributed by atoms with Crippen LogP contribution in [-0.2, 0) is 14.3 Å². The zero-order valence-electron chi connectivity index (χ0n) is 13.0. The summed E-state index contributed by atoms with van der Waals surface area (Å²) in [5.41, 5.74) is 1.07. The van der Waals surface area contributed by atoms with Crippen LogP contribution in [0.1, 0.15) is 24.4 Å². The van der Waals surface area contributed by atoms with Gasteiger partial charge in [-0.15, -0.1) is 0 Å². The van der Waals surface area contributed by atoms with Gasteiger partial charge in [0.15, 0.2) is 0 Å². The summed E-state index contributed by atoms with van der Waals surface area (Å²) in [4.78, 5) is 24.4. The zero-order chi connectivity index (χ0) is 16.0. The molecule has 1 N–H and O–H groups in total. The second-order valence-corrected chi connectivity index (χ2v) is 6.45. The van der Waals surface area contributed by atoms with E-state index >= 15 is 0 Å². The molecule has 2 aromatic carbocycles. The highest BCUT2D eigenvalue weighted by Gasteiger charge is 2.53. The van der Waals surface area contributed by atoms with Gasteiger partial charge in [-0.1, -0.05) is 36.4 Å². The Kier molecular flexibility index (Phi) is 3.42. The van der Waals surface area contributed by atoms with Gasteiger partial charge in [0, 0.05) is 18.4 Å². The smallest absolute Gasteiger partial charge is 0.323 e. The van der Waals surface area contributed by atoms with Gasteiger partial charge in [-0.25, -0.2) is 0 Å². The fourth-order valence-electron chi connectivity index (χ4n) is 4.20. The molecule has 1 saturated carbocycles. The quantitative estimate of drug-likeness (QED) is 0.867. The predicted molar refractivity (Wildman–Crippen MR) is 86.8 cm³/mol. The van der Waals surface area contributed by atoms with Crippen LogP contribution in [0.15, 0.2) is 42.5 Å². The Bertz CT molecular complexity index is 785. The Hall–Kier alpha value is -2.20. The van der Waals surface area contributed by atoms with Gasteiger partial charge < -0.3 is 4.74 Å². The van der Waals surface area contributed by atoms with Gasteiger partial charge in [-0.05, 0) is 34.7 Å². The van der Waals surface area contributed by atoms with E-state index in [0.29, 0.717) is 6.42 Å². The Balaban J connectivity index is 1.74. The Morgan fingerprint density at radius 2 is 1.96 bits per heavy atom. The molecule has 2 fully saturated rings. The molecule has 1 aliphatic carbocycles. The van der Waals surface area contributed by atoms with Crippen molar-refractivity contribution >= 4 is 22.5 Å². The minimum atomic E-state index is -0.382. The van der Waals surface area contributed by atoms with Gasteiger partial charge in [0.2, 0.25) is 0 Å². The third kappa shape index (κ3) is 2.25. The maximum atomic E-state index is 12.4. The summed E-state index contributed by atoms with van der Waals surface area (Å²) in [6.07, 6.45) is 1.33. The number of esters is 1. The van der Waals surface area contributed by atoms with E-state index in [9.17, 15) is 9.59 Å². The lowest BCUT2D eigenvalue weighted by Gasteiger charge is -2.18. The van der Waals surface area contributed by atoms with E-state index in [0.717, 1.165) is 17.4 Å². The zero-order valence-corrected chi connectivity index (χ0v) is 13.0. The van der Waals surface area contributed by atoms with Crippen LogP contribution in [0.3, 0.4) is 0 Å². The molecular formula is C19H19NO3. The minimum Gasteiger partial charge on any atom is -0.468 e. The molecule has 4 rings (SSSR count). The highest BCUT2D eigenvalue weighted by molar-refractivity contribution is 5.89. The number of carbonyl (C=O) groups is 2. The molecule has 23 heavy (non-hydrogen) atoms. The van der Waals surface area contributed by atoms with E-state index in [1.165, 1.54) is 12.5 Å². The summed E-state index contributed by atoms with van der Waals surface area (Å²) in [6, 6.07) is 13.9. The van der Waals surface area contributed by atoms with Crippen LogP contribution in [0.5, 0.6) is 0 Å². The normalized spacial score (nSPS) is 29.7. The number of rotatable bonds is 2. The lowest BCUT2D eigenvalue weighted by atomic mass is 9.86. The number of fused-ring (bicyclic) bond motifs is 2. The van der Waals surface area contributed by atoms with Crippen molar-refractivity contribution in [1.29, 1.82) is 0 Å². The molecule has 4 heteroatoms. The van der Waals surface area contributed by atoms with Crippen molar-refractivity contribution in [1.82, 2.24) is 5.32 Å². The van der Waals surface area contributed by atoms with Crippen LogP contribution >= 0.6 is 0 Å². The molecule has 2 aromatic rings. The van der Waals surface area contributed by atoms with Crippen LogP contribution in [0.4, 0.5) is 0 Å². The van der Waals surface area contributed by atoms with Crippen molar-refractivity contribution in [3.05, 3.63) is 48.0 Å². The lowest BCUT2D eigenvalue weighted by molar-refractivity contribution is -0.143. The van der Waals surface area contributed by atoms with E-state index in [2.05, 4.69) is 35.6 Å². The average molecular weight is 309 g/mol. The second kappa shape index (κ2) is 5.46. The van der Waals surface area contributed by atoms with E-state index in [1.54, 1.807) is 0 Å². The number of methoxy groups -OCH3 is 1. The number of carbonyl (C=O) groups excluding carboxylic acids is 2. The molecule has 118 valence electrons. The molecule has 1 aliphatic heterocycles. The Morgan fingerprint density at radius 3 is 2.74 bits per heavy atom. The van der Waals surface area contributed by atoms with Crippen molar-refractivity contribution in [2.75, 3.05) is 7.11 Å². The number of ether oxygens (including phenoxy) is 1. The fraction of sp³-hybridized carbons (Fsp3) is 0.368. The van der Waals surface area contributed by atoms with Crippen LogP contribution in [0, 0.1) is 11.8 Å². The maximum Gasteiger partial charge on any atom is 0.323 e. The molecule has 0 radical (unpaired) electrons. The Labute approximate surface area is 134 Å². The van der Waals surface area contributed by atoms with E-state index in [1.807, 2.05) is 12.1 Å². The van der Waals surface area contributed by atoms with Gasteiger partial charge in [0.05, 0.1) is 7.11 Å². The van der Waals surface area contributed by atoms with Gasteiger partial charge in [-0.3, -0.25) is 14.9 Å². The van der Waals surface area contributed by atoms with Gasteiger partial charge in [-0.2, -0.15) is 0 Å². The van der Waals surface area contributed by atoms with Crippen molar-refractivity contribution in [3.63, 3.8) is 0 Å². The number of ketones is 1. The van der Waals surface area contributed by atoms with Crippen LogP contribution in [0.25, 0.3) is 10.8 Å². The summed E-state index contributed by atoms with van der Waals surface area (Å²) in [5, 5.41) is 5.68. The average Bonchev–Trinajstić information content (AvgIpc) is 3.15. The van der Waals surface area contributed by atoms with Gasteiger partial charge in [0.1, 0.15) is 11.8 Å². The van der Waals surface area contributed by atoms with Crippen LogP contribution in [0.2, 0.25) is 0 Å². The first-order valence-corrected chi connectivity index (χ1v) is 8.04. The fourth-order valence-corrected chi connectivity index (χ4v) is 4.20. The van der Waals surface area contributed by atoms with E-state index in [4.69, 9.17) is 4.74 Å². The first-order chi connectivity index (χ1) is 11.2. The summed E-state index contributed by atoms with van der Waals surface area (Å²) in [6.45, 7) is 0. The maximum absolute atomic E-state index is 12.4. The monoisotopic (exact) mass is 309 g/mol. The first kappa shape index (κ1) is 14.4. The predicted octanol–water partition coefficient (Wildman–Crippen LogP) is 2.62. The van der Waals surface area contributed by atoms with Gasteiger partial charge >= 0.3 is 5.97 Å². The number of nitrogens with one attached hydrogen (secondary N) is 1. The summed E-state index contributed by atoms with van der Waals surface area (Å²) < 4.78 is 4.92. The minimum absolute atomic E-state index is 0.0476. The van der Waals surface area contributed by atoms with E-state index in [-0.39, 0.29) is 35.7 Å². The topological polar surface area (TPSA) is 55.4 Å². The molecule has 4 atom stereocenters. The molecule has 0 aromatic heterocycles. The molecule has 2 aliphatic rings. The molecule has 1 heterocycles. The molecule has 4 nitrogen and oxygen atoms in total. The standard InChI is InChI=1S/C19H19NO3/c1-23-19(22)18-14-8-9-15(21)16(14)17(20-18)13-7-6-11-4-2-3-5-12(11)10-13/h2-7,10,14,16-18,20H,8-9H2,1H3/t14-,16-,17+,18+/m1/s1. The number of hydrogen-bond acceptors (Lipinski definition) is 4. The molecular weight excluding hydrogens is 290 g/mol. The van der Waals surface area contributed by atoms with E-state index < -0.39 is 0 Å². The van der Waals surface area contributed by atoms with Crippen LogP contribution < -0.4 is 5.32 Å². The number of Topliss-reactive ketones (excluding diaryl/α,β-unsaturated/α-hetero) is 1. The van der Waals surface area contributed by atoms with Crippen molar-refractivity contribution < 1.29 is 14.3 Å². The highest BCUT2D eigenvalue weighted by atomic mass is 16.5. The van der Waals surface area contributed by atoms with Crippen LogP contribution in [-0.4, -0.2) is 24.9 Å². The highest BCUT2D eigenvalue weighted by Crippen LogP contribution is 2.46. The van der Waals surface area contributed by atoms with Crippen molar-refractivity contribution in [3.8, 4) is 0 Å². The molecule has 1 saturated heterocycles. The summed E-state index contributed by atoms with van der Waals surface area (Å²) in [5.74, 6) is -0.0864. The molecule has 0 amide bonds. The molecule has 0 spiro atoms. The summed E-state index contributed by atoms with van der Waals surface area (Å²) >= 11 is 0. The third-order valence-corrected chi connectivity index (χ3v) is 5.29. The van der Waals surface area contributed by atoms with Crippen molar-refractivity contribution in [2.24, 2.45) is 11.8 Å². The van der Waals surface area contributed by atoms with Crippen molar-refractivity contribution in [2.45, 2.75) is 24.9 Å². The second-order valence-electron chi connectivity index (χ2n) is 6.45. The largest absolute Gasteiger partial charge is 0.468 e.